The third-order valence-corrected chi connectivity index (χ3v) is 5.78. The molecule has 1 N–H and O–H groups in total. The Bertz CT molecular complexity index is 966. The Morgan fingerprint density at radius 2 is 1.93 bits per heavy atom. The number of halogens is 1. The average molecular weight is 423 g/mol. The first kappa shape index (κ1) is 19.3. The molecular weight excluding hydrogens is 408 g/mol. The summed E-state index contributed by atoms with van der Waals surface area (Å²) in [6, 6.07) is 8.67. The van der Waals surface area contributed by atoms with Gasteiger partial charge in [-0.1, -0.05) is 11.6 Å². The highest BCUT2D eigenvalue weighted by molar-refractivity contribution is 7.14. The van der Waals surface area contributed by atoms with E-state index in [-0.39, 0.29) is 12.5 Å². The zero-order valence-corrected chi connectivity index (χ0v) is 16.8. The fourth-order valence-electron chi connectivity index (χ4n) is 2.24. The molecule has 0 spiro atoms. The summed E-state index contributed by atoms with van der Waals surface area (Å²) in [5.74, 6) is -0.149. The predicted molar refractivity (Wildman–Crippen MR) is 106 cm³/mol. The van der Waals surface area contributed by atoms with E-state index in [4.69, 9.17) is 21.1 Å². The van der Waals surface area contributed by atoms with E-state index in [1.807, 2.05) is 0 Å². The summed E-state index contributed by atoms with van der Waals surface area (Å²) in [6.07, 6.45) is 0. The third kappa shape index (κ3) is 4.65. The van der Waals surface area contributed by atoms with Crippen molar-refractivity contribution >= 4 is 51.8 Å². The number of nitrogens with one attached hydrogen (secondary N) is 1. The molecule has 3 rings (SSSR count). The zero-order valence-electron chi connectivity index (χ0n) is 14.4. The molecule has 0 saturated heterocycles. The molecule has 140 valence electrons. The van der Waals surface area contributed by atoms with Gasteiger partial charge in [0, 0.05) is 5.02 Å². The van der Waals surface area contributed by atoms with Crippen LogP contribution in [0.4, 0.5) is 5.69 Å². The second kappa shape index (κ2) is 8.51. The highest BCUT2D eigenvalue weighted by Crippen LogP contribution is 2.26. The van der Waals surface area contributed by atoms with Gasteiger partial charge in [-0.05, 0) is 42.6 Å². The molecule has 1 amide bonds. The quantitative estimate of drug-likeness (QED) is 0.578. The van der Waals surface area contributed by atoms with Crippen molar-refractivity contribution in [1.29, 1.82) is 0 Å². The summed E-state index contributed by atoms with van der Waals surface area (Å²) in [6.45, 7) is 2.00. The van der Waals surface area contributed by atoms with Crippen molar-refractivity contribution in [3.8, 4) is 5.75 Å². The van der Waals surface area contributed by atoms with Crippen molar-refractivity contribution in [3.63, 3.8) is 0 Å². The number of amides is 1. The number of carbonyl (C=O) groups excluding carboxylic acids is 2. The van der Waals surface area contributed by atoms with E-state index in [0.29, 0.717) is 36.9 Å². The molecule has 0 unspecified atom stereocenters. The molecule has 6 nitrogen and oxygen atoms in total. The molecule has 9 heteroatoms. The number of hydrogen-bond donors (Lipinski definition) is 1. The maximum absolute atomic E-state index is 12.6. The van der Waals surface area contributed by atoms with Crippen molar-refractivity contribution in [2.75, 3.05) is 12.4 Å². The van der Waals surface area contributed by atoms with E-state index in [2.05, 4.69) is 10.3 Å². The number of anilines is 1. The molecule has 0 saturated carbocycles. The first-order chi connectivity index (χ1) is 13.0. The second-order valence-electron chi connectivity index (χ2n) is 5.37. The zero-order chi connectivity index (χ0) is 19.4. The lowest BCUT2D eigenvalue weighted by molar-refractivity contribution is 0.0607. The largest absolute Gasteiger partial charge is 0.486 e. The number of esters is 1. The molecule has 2 heterocycles. The molecule has 0 fully saturated rings. The molecule has 0 aliphatic carbocycles. The van der Waals surface area contributed by atoms with E-state index in [1.54, 1.807) is 42.6 Å². The SMILES string of the molecule is COC(=O)c1sccc1NC(=O)c1sc(COc2ccc(Cl)cc2)nc1C. The first-order valence-corrected chi connectivity index (χ1v) is 9.87. The standard InChI is InChI=1S/C18H15ClN2O4S2/c1-10-15(17(22)21-13-7-8-26-16(13)18(23)24-2)27-14(20-10)9-25-12-5-3-11(19)4-6-12/h3-8H,9H2,1-2H3,(H,21,22). The van der Waals surface area contributed by atoms with Gasteiger partial charge in [0.1, 0.15) is 27.1 Å². The molecule has 0 atom stereocenters. The summed E-state index contributed by atoms with van der Waals surface area (Å²) in [5, 5.41) is 5.76. The van der Waals surface area contributed by atoms with Crippen molar-refractivity contribution in [2.24, 2.45) is 0 Å². The van der Waals surface area contributed by atoms with Crippen LogP contribution in [0.2, 0.25) is 5.02 Å². The lowest BCUT2D eigenvalue weighted by Gasteiger charge is -2.04. The summed E-state index contributed by atoms with van der Waals surface area (Å²) in [5.41, 5.74) is 1.02. The number of thiazole rings is 1. The molecule has 0 aliphatic heterocycles. The van der Waals surface area contributed by atoms with Gasteiger partial charge in [0.25, 0.3) is 5.91 Å². The minimum Gasteiger partial charge on any atom is -0.486 e. The monoisotopic (exact) mass is 422 g/mol. The summed E-state index contributed by atoms with van der Waals surface area (Å²) >= 11 is 8.30. The van der Waals surface area contributed by atoms with Gasteiger partial charge in [-0.25, -0.2) is 9.78 Å². The van der Waals surface area contributed by atoms with Crippen LogP contribution in [-0.4, -0.2) is 24.0 Å². The fourth-order valence-corrected chi connectivity index (χ4v) is 4.00. The Labute approximate surface area is 168 Å². The molecular formula is C18H15ClN2O4S2. The van der Waals surface area contributed by atoms with Crippen LogP contribution < -0.4 is 10.1 Å². The number of aromatic nitrogens is 1. The van der Waals surface area contributed by atoms with E-state index < -0.39 is 5.97 Å². The molecule has 27 heavy (non-hydrogen) atoms. The van der Waals surface area contributed by atoms with Crippen LogP contribution >= 0.6 is 34.3 Å². The van der Waals surface area contributed by atoms with E-state index in [1.165, 1.54) is 29.8 Å². The van der Waals surface area contributed by atoms with Gasteiger partial charge in [0.15, 0.2) is 0 Å². The number of benzene rings is 1. The number of carbonyl (C=O) groups is 2. The number of aryl methyl sites for hydroxylation is 1. The minimum atomic E-state index is -0.488. The maximum Gasteiger partial charge on any atom is 0.350 e. The minimum absolute atomic E-state index is 0.242. The van der Waals surface area contributed by atoms with E-state index >= 15 is 0 Å². The number of methoxy groups -OCH3 is 1. The van der Waals surface area contributed by atoms with Crippen LogP contribution in [0.3, 0.4) is 0 Å². The Hall–Kier alpha value is -2.42. The molecule has 3 aromatic rings. The van der Waals surface area contributed by atoms with Crippen molar-refractivity contribution < 1.29 is 19.1 Å². The van der Waals surface area contributed by atoms with Crippen LogP contribution in [0.15, 0.2) is 35.7 Å². The van der Waals surface area contributed by atoms with Gasteiger partial charge in [-0.2, -0.15) is 0 Å². The van der Waals surface area contributed by atoms with Gasteiger partial charge in [-0.15, -0.1) is 22.7 Å². The van der Waals surface area contributed by atoms with Gasteiger partial charge in [0.2, 0.25) is 0 Å². The number of ether oxygens (including phenoxy) is 2. The Morgan fingerprint density at radius 3 is 2.63 bits per heavy atom. The number of nitrogens with zero attached hydrogens (tertiary/aromatic N) is 1. The Kier molecular flexibility index (Phi) is 6.10. The normalized spacial score (nSPS) is 10.5. The highest BCUT2D eigenvalue weighted by Gasteiger charge is 2.20. The first-order valence-electron chi connectivity index (χ1n) is 7.79. The average Bonchev–Trinajstić information content (AvgIpc) is 3.27. The van der Waals surface area contributed by atoms with Gasteiger partial charge < -0.3 is 14.8 Å². The van der Waals surface area contributed by atoms with E-state index in [0.717, 1.165) is 0 Å². The summed E-state index contributed by atoms with van der Waals surface area (Å²) in [4.78, 5) is 29.5. The van der Waals surface area contributed by atoms with Crippen molar-refractivity contribution in [1.82, 2.24) is 4.98 Å². The fraction of sp³-hybridized carbons (Fsp3) is 0.167. The summed E-state index contributed by atoms with van der Waals surface area (Å²) < 4.78 is 10.4. The molecule has 1 aromatic carbocycles. The van der Waals surface area contributed by atoms with Gasteiger partial charge in [-0.3, -0.25) is 4.79 Å². The number of thiophene rings is 1. The lowest BCUT2D eigenvalue weighted by Crippen LogP contribution is -2.13. The Balaban J connectivity index is 1.68. The van der Waals surface area contributed by atoms with Crippen molar-refractivity contribution in [3.05, 3.63) is 61.2 Å². The Morgan fingerprint density at radius 1 is 1.19 bits per heavy atom. The van der Waals surface area contributed by atoms with Crippen LogP contribution in [0.25, 0.3) is 0 Å². The van der Waals surface area contributed by atoms with E-state index in [9.17, 15) is 9.59 Å². The molecule has 0 radical (unpaired) electrons. The topological polar surface area (TPSA) is 77.5 Å². The highest BCUT2D eigenvalue weighted by atomic mass is 35.5. The lowest BCUT2D eigenvalue weighted by atomic mass is 10.3. The summed E-state index contributed by atoms with van der Waals surface area (Å²) in [7, 11) is 1.30. The van der Waals surface area contributed by atoms with Gasteiger partial charge >= 0.3 is 5.97 Å². The molecule has 0 aliphatic rings. The predicted octanol–water partition coefficient (Wildman–Crippen LogP) is 4.78. The molecule has 2 aromatic heterocycles. The number of hydrogen-bond acceptors (Lipinski definition) is 7. The smallest absolute Gasteiger partial charge is 0.350 e. The van der Waals surface area contributed by atoms with Crippen LogP contribution in [0.5, 0.6) is 5.75 Å². The van der Waals surface area contributed by atoms with Gasteiger partial charge in [0.05, 0.1) is 18.5 Å². The van der Waals surface area contributed by atoms with Crippen molar-refractivity contribution in [2.45, 2.75) is 13.5 Å². The third-order valence-electron chi connectivity index (χ3n) is 3.51. The number of rotatable bonds is 6. The second-order valence-corrected chi connectivity index (χ2v) is 7.81. The van der Waals surface area contributed by atoms with Crippen LogP contribution in [0.1, 0.15) is 30.0 Å². The maximum atomic E-state index is 12.6. The molecule has 0 bridgehead atoms. The van der Waals surface area contributed by atoms with Crippen LogP contribution in [-0.2, 0) is 11.3 Å². The van der Waals surface area contributed by atoms with Crippen LogP contribution in [0, 0.1) is 6.92 Å².